The maximum Gasteiger partial charge on any atom is 0.324 e. The first-order valence-corrected chi connectivity index (χ1v) is 9.85. The zero-order chi connectivity index (χ0) is 18.4. The lowest BCUT2D eigenvalue weighted by molar-refractivity contribution is -0.147. The summed E-state index contributed by atoms with van der Waals surface area (Å²) in [5, 5.41) is 0. The van der Waals surface area contributed by atoms with Crippen LogP contribution in [0.15, 0.2) is 41.8 Å². The Hall–Kier alpha value is -1.70. The molecule has 0 bridgehead atoms. The molecule has 7 heteroatoms. The van der Waals surface area contributed by atoms with E-state index in [9.17, 15) is 13.2 Å². The molecule has 0 spiro atoms. The van der Waals surface area contributed by atoms with Gasteiger partial charge >= 0.3 is 5.97 Å². The summed E-state index contributed by atoms with van der Waals surface area (Å²) in [4.78, 5) is 12.5. The number of esters is 1. The topological polar surface area (TPSA) is 81.7 Å². The molecule has 1 aromatic rings. The van der Waals surface area contributed by atoms with Crippen LogP contribution in [0, 0.1) is 12.8 Å². The average Bonchev–Trinajstić information content (AvgIpc) is 3.01. The van der Waals surface area contributed by atoms with Crippen LogP contribution < -0.4 is 4.72 Å². The van der Waals surface area contributed by atoms with Crippen LogP contribution in [-0.2, 0) is 24.3 Å². The van der Waals surface area contributed by atoms with Gasteiger partial charge in [0, 0.05) is 12.5 Å². The summed E-state index contributed by atoms with van der Waals surface area (Å²) in [6, 6.07) is 5.48. The van der Waals surface area contributed by atoms with Crippen LogP contribution in [0.2, 0.25) is 0 Å². The molecule has 2 rings (SSSR count). The highest BCUT2D eigenvalue weighted by Gasteiger charge is 2.41. The van der Waals surface area contributed by atoms with Gasteiger partial charge in [-0.3, -0.25) is 4.79 Å². The SMILES string of the molecule is C=CCC1OCC[C@H]1C(NS(=O)(=O)c1ccc(C)cc1)C(=O)OCC. The van der Waals surface area contributed by atoms with E-state index in [4.69, 9.17) is 9.47 Å². The third kappa shape index (κ3) is 4.90. The van der Waals surface area contributed by atoms with Crippen molar-refractivity contribution < 1.29 is 22.7 Å². The van der Waals surface area contributed by atoms with Crippen molar-refractivity contribution in [1.82, 2.24) is 4.72 Å². The van der Waals surface area contributed by atoms with Crippen molar-refractivity contribution >= 4 is 16.0 Å². The zero-order valence-corrected chi connectivity index (χ0v) is 15.4. The number of rotatable bonds is 8. The van der Waals surface area contributed by atoms with E-state index in [0.717, 1.165) is 5.56 Å². The average molecular weight is 367 g/mol. The Kier molecular flexibility index (Phi) is 6.75. The molecule has 1 N–H and O–H groups in total. The van der Waals surface area contributed by atoms with E-state index >= 15 is 0 Å². The van der Waals surface area contributed by atoms with Crippen LogP contribution in [0.5, 0.6) is 0 Å². The minimum atomic E-state index is -3.85. The Labute approximate surface area is 149 Å². The molecule has 2 unspecified atom stereocenters. The predicted octanol–water partition coefficient (Wildman–Crippen LogP) is 2.19. The normalized spacial score (nSPS) is 21.7. The Bertz CT molecular complexity index is 699. The molecule has 0 saturated carbocycles. The molecule has 138 valence electrons. The molecule has 1 aliphatic heterocycles. The fourth-order valence-corrected chi connectivity index (χ4v) is 4.18. The van der Waals surface area contributed by atoms with Crippen LogP contribution in [0.3, 0.4) is 0 Å². The molecule has 0 radical (unpaired) electrons. The number of hydrogen-bond acceptors (Lipinski definition) is 5. The molecular weight excluding hydrogens is 342 g/mol. The molecule has 0 amide bonds. The summed E-state index contributed by atoms with van der Waals surface area (Å²) < 4.78 is 38.7. The Morgan fingerprint density at radius 3 is 2.72 bits per heavy atom. The highest BCUT2D eigenvalue weighted by molar-refractivity contribution is 7.89. The number of aryl methyl sites for hydroxylation is 1. The van der Waals surface area contributed by atoms with Gasteiger partial charge in [0.1, 0.15) is 6.04 Å². The van der Waals surface area contributed by atoms with E-state index < -0.39 is 22.0 Å². The van der Waals surface area contributed by atoms with Crippen molar-refractivity contribution in [3.8, 4) is 0 Å². The highest BCUT2D eigenvalue weighted by Crippen LogP contribution is 2.28. The number of benzene rings is 1. The third-order valence-corrected chi connectivity index (χ3v) is 5.70. The van der Waals surface area contributed by atoms with E-state index in [1.165, 1.54) is 12.1 Å². The van der Waals surface area contributed by atoms with Gasteiger partial charge in [0.2, 0.25) is 10.0 Å². The van der Waals surface area contributed by atoms with Gasteiger partial charge in [-0.2, -0.15) is 4.72 Å². The molecule has 1 aromatic carbocycles. The lowest BCUT2D eigenvalue weighted by atomic mass is 9.91. The van der Waals surface area contributed by atoms with E-state index in [-0.39, 0.29) is 23.5 Å². The monoisotopic (exact) mass is 367 g/mol. The number of hydrogen-bond donors (Lipinski definition) is 1. The highest BCUT2D eigenvalue weighted by atomic mass is 32.2. The van der Waals surface area contributed by atoms with Crippen LogP contribution in [0.4, 0.5) is 0 Å². The largest absolute Gasteiger partial charge is 0.465 e. The summed E-state index contributed by atoms with van der Waals surface area (Å²) in [7, 11) is -3.85. The lowest BCUT2D eigenvalue weighted by Gasteiger charge is -2.26. The first-order chi connectivity index (χ1) is 11.9. The van der Waals surface area contributed by atoms with Gasteiger partial charge in [0.05, 0.1) is 17.6 Å². The first-order valence-electron chi connectivity index (χ1n) is 8.37. The standard InChI is InChI=1S/C18H25NO5S/c1-4-6-16-15(11-12-24-16)17(18(20)23-5-2)19-25(21,22)14-9-7-13(3)8-10-14/h4,7-10,15-17,19H,1,5-6,11-12H2,2-3H3/t15-,16?,17?/m1/s1. The Balaban J connectivity index is 2.27. The quantitative estimate of drug-likeness (QED) is 0.563. The van der Waals surface area contributed by atoms with Crippen molar-refractivity contribution in [2.24, 2.45) is 5.92 Å². The second-order valence-electron chi connectivity index (χ2n) is 6.05. The van der Waals surface area contributed by atoms with Gasteiger partial charge in [-0.15, -0.1) is 6.58 Å². The van der Waals surface area contributed by atoms with E-state index in [2.05, 4.69) is 11.3 Å². The summed E-state index contributed by atoms with van der Waals surface area (Å²) in [6.45, 7) is 7.92. The molecule has 1 heterocycles. The number of sulfonamides is 1. The van der Waals surface area contributed by atoms with Gasteiger partial charge in [-0.25, -0.2) is 8.42 Å². The molecule has 0 aromatic heterocycles. The molecular formula is C18H25NO5S. The van der Waals surface area contributed by atoms with Crippen molar-refractivity contribution in [3.63, 3.8) is 0 Å². The summed E-state index contributed by atoms with van der Waals surface area (Å²) >= 11 is 0. The zero-order valence-electron chi connectivity index (χ0n) is 14.6. The molecule has 0 aliphatic carbocycles. The van der Waals surface area contributed by atoms with Crippen molar-refractivity contribution in [1.29, 1.82) is 0 Å². The maximum atomic E-state index is 12.7. The number of carbonyl (C=O) groups excluding carboxylic acids is 1. The van der Waals surface area contributed by atoms with Crippen molar-refractivity contribution in [3.05, 3.63) is 42.5 Å². The van der Waals surface area contributed by atoms with Gasteiger partial charge in [0.15, 0.2) is 0 Å². The van der Waals surface area contributed by atoms with Crippen molar-refractivity contribution in [2.75, 3.05) is 13.2 Å². The third-order valence-electron chi connectivity index (χ3n) is 4.24. The Morgan fingerprint density at radius 1 is 1.44 bits per heavy atom. The van der Waals surface area contributed by atoms with Gasteiger partial charge in [0.25, 0.3) is 0 Å². The fourth-order valence-electron chi connectivity index (χ4n) is 2.95. The molecule has 1 aliphatic rings. The predicted molar refractivity (Wildman–Crippen MR) is 94.6 cm³/mol. The summed E-state index contributed by atoms with van der Waals surface area (Å²) in [5.41, 5.74) is 0.955. The molecule has 6 nitrogen and oxygen atoms in total. The lowest BCUT2D eigenvalue weighted by Crippen LogP contribution is -2.49. The maximum absolute atomic E-state index is 12.7. The van der Waals surface area contributed by atoms with Gasteiger partial charge in [-0.1, -0.05) is 23.8 Å². The van der Waals surface area contributed by atoms with Crippen LogP contribution in [-0.4, -0.2) is 39.7 Å². The van der Waals surface area contributed by atoms with Gasteiger partial charge in [-0.05, 0) is 38.8 Å². The molecule has 25 heavy (non-hydrogen) atoms. The second kappa shape index (κ2) is 8.60. The van der Waals surface area contributed by atoms with Gasteiger partial charge < -0.3 is 9.47 Å². The minimum absolute atomic E-state index is 0.117. The van der Waals surface area contributed by atoms with Crippen LogP contribution >= 0.6 is 0 Å². The minimum Gasteiger partial charge on any atom is -0.465 e. The Morgan fingerprint density at radius 2 is 2.12 bits per heavy atom. The summed E-state index contributed by atoms with van der Waals surface area (Å²) in [6.07, 6.45) is 2.58. The van der Waals surface area contributed by atoms with Crippen LogP contribution in [0.25, 0.3) is 0 Å². The molecule has 3 atom stereocenters. The number of ether oxygens (including phenoxy) is 2. The summed E-state index contributed by atoms with van der Waals surface area (Å²) in [5.74, 6) is -0.875. The van der Waals surface area contributed by atoms with Crippen molar-refractivity contribution in [2.45, 2.75) is 43.7 Å². The first kappa shape index (κ1) is 19.6. The number of carbonyl (C=O) groups is 1. The molecule has 1 saturated heterocycles. The molecule has 1 fully saturated rings. The smallest absolute Gasteiger partial charge is 0.324 e. The van der Waals surface area contributed by atoms with E-state index in [1.807, 2.05) is 6.92 Å². The van der Waals surface area contributed by atoms with E-state index in [1.54, 1.807) is 25.1 Å². The van der Waals surface area contributed by atoms with Crippen LogP contribution in [0.1, 0.15) is 25.3 Å². The number of nitrogens with one attached hydrogen (secondary N) is 1. The fraction of sp³-hybridized carbons (Fsp3) is 0.500. The second-order valence-corrected chi connectivity index (χ2v) is 7.76. The van der Waals surface area contributed by atoms with E-state index in [0.29, 0.717) is 19.4 Å².